The van der Waals surface area contributed by atoms with Gasteiger partial charge in [-0.2, -0.15) is 0 Å². The summed E-state index contributed by atoms with van der Waals surface area (Å²) in [5.74, 6) is 1.76. The molecule has 7 heteroatoms. The van der Waals surface area contributed by atoms with E-state index in [1.54, 1.807) is 14.2 Å². The molecule has 0 aliphatic carbocycles. The van der Waals surface area contributed by atoms with Gasteiger partial charge in [-0.15, -0.1) is 0 Å². The Kier molecular flexibility index (Phi) is 9.06. The van der Waals surface area contributed by atoms with Crippen molar-refractivity contribution < 1.29 is 14.2 Å². The third-order valence-corrected chi connectivity index (χ3v) is 4.24. The van der Waals surface area contributed by atoms with Crippen LogP contribution in [0.3, 0.4) is 0 Å². The second-order valence-electron chi connectivity index (χ2n) is 6.11. The van der Waals surface area contributed by atoms with Gasteiger partial charge in [0.15, 0.2) is 5.96 Å². The van der Waals surface area contributed by atoms with Gasteiger partial charge in [0, 0.05) is 32.8 Å². The molecule has 2 rings (SSSR count). The maximum atomic E-state index is 5.49. The highest BCUT2D eigenvalue weighted by Crippen LogP contribution is 2.30. The fraction of sp³-hybridized carbons (Fsp3) is 0.632. The SMILES string of the molecule is CCNC(=NCCOCCOC)NC1CCN(c2ccccc2OC)C1. The summed E-state index contributed by atoms with van der Waals surface area (Å²) in [7, 11) is 3.39. The molecule has 0 radical (unpaired) electrons. The van der Waals surface area contributed by atoms with Crippen LogP contribution in [0.1, 0.15) is 13.3 Å². The van der Waals surface area contributed by atoms with E-state index in [4.69, 9.17) is 14.2 Å². The lowest BCUT2D eigenvalue weighted by molar-refractivity contribution is 0.0748. The van der Waals surface area contributed by atoms with E-state index in [1.807, 2.05) is 18.2 Å². The molecule has 1 aromatic carbocycles. The number of benzene rings is 1. The van der Waals surface area contributed by atoms with Gasteiger partial charge in [-0.05, 0) is 25.5 Å². The molecule has 1 heterocycles. The van der Waals surface area contributed by atoms with Crippen LogP contribution in [-0.4, -0.2) is 72.2 Å². The van der Waals surface area contributed by atoms with Crippen molar-refractivity contribution in [2.24, 2.45) is 4.99 Å². The number of nitrogens with zero attached hydrogens (tertiary/aromatic N) is 2. The van der Waals surface area contributed by atoms with E-state index in [9.17, 15) is 0 Å². The molecule has 26 heavy (non-hydrogen) atoms. The van der Waals surface area contributed by atoms with Gasteiger partial charge in [-0.25, -0.2) is 0 Å². The summed E-state index contributed by atoms with van der Waals surface area (Å²) in [6.45, 7) is 7.27. The Balaban J connectivity index is 1.83. The molecule has 1 aliphatic rings. The minimum atomic E-state index is 0.354. The summed E-state index contributed by atoms with van der Waals surface area (Å²) >= 11 is 0. The predicted molar refractivity (Wildman–Crippen MR) is 105 cm³/mol. The molecule has 1 atom stereocenters. The second-order valence-corrected chi connectivity index (χ2v) is 6.11. The van der Waals surface area contributed by atoms with Gasteiger partial charge in [0.05, 0.1) is 39.2 Å². The highest BCUT2D eigenvalue weighted by molar-refractivity contribution is 5.80. The lowest BCUT2D eigenvalue weighted by Crippen LogP contribution is -2.44. The Morgan fingerprint density at radius 3 is 2.85 bits per heavy atom. The third kappa shape index (κ3) is 6.38. The smallest absolute Gasteiger partial charge is 0.191 e. The fourth-order valence-corrected chi connectivity index (χ4v) is 2.97. The van der Waals surface area contributed by atoms with E-state index in [2.05, 4.69) is 33.5 Å². The molecule has 0 aromatic heterocycles. The first kappa shape index (κ1) is 20.3. The molecule has 0 spiro atoms. The first-order valence-corrected chi connectivity index (χ1v) is 9.28. The summed E-state index contributed by atoms with van der Waals surface area (Å²) in [6, 6.07) is 8.52. The molecule has 1 aliphatic heterocycles. The molecular weight excluding hydrogens is 332 g/mol. The summed E-state index contributed by atoms with van der Waals surface area (Å²) < 4.78 is 15.9. The van der Waals surface area contributed by atoms with Crippen molar-refractivity contribution in [1.82, 2.24) is 10.6 Å². The largest absolute Gasteiger partial charge is 0.495 e. The minimum Gasteiger partial charge on any atom is -0.495 e. The molecule has 1 fully saturated rings. The number of hydrogen-bond acceptors (Lipinski definition) is 5. The van der Waals surface area contributed by atoms with Crippen LogP contribution >= 0.6 is 0 Å². The van der Waals surface area contributed by atoms with Crippen molar-refractivity contribution >= 4 is 11.6 Å². The Bertz CT molecular complexity index is 553. The number of guanidine groups is 1. The molecule has 7 nitrogen and oxygen atoms in total. The van der Waals surface area contributed by atoms with Crippen molar-refractivity contribution in [3.8, 4) is 5.75 Å². The van der Waals surface area contributed by atoms with Crippen molar-refractivity contribution in [2.45, 2.75) is 19.4 Å². The molecule has 1 saturated heterocycles. The van der Waals surface area contributed by atoms with E-state index in [0.29, 0.717) is 32.4 Å². The van der Waals surface area contributed by atoms with E-state index in [1.165, 1.54) is 0 Å². The van der Waals surface area contributed by atoms with Crippen LogP contribution in [0.2, 0.25) is 0 Å². The maximum Gasteiger partial charge on any atom is 0.191 e. The monoisotopic (exact) mass is 364 g/mol. The number of anilines is 1. The summed E-state index contributed by atoms with van der Waals surface area (Å²) in [5.41, 5.74) is 1.15. The molecule has 0 saturated carbocycles. The third-order valence-electron chi connectivity index (χ3n) is 4.24. The Morgan fingerprint density at radius 2 is 2.08 bits per heavy atom. The highest BCUT2D eigenvalue weighted by Gasteiger charge is 2.25. The van der Waals surface area contributed by atoms with Crippen molar-refractivity contribution in [1.29, 1.82) is 0 Å². The van der Waals surface area contributed by atoms with Crippen LogP contribution in [0.5, 0.6) is 5.75 Å². The highest BCUT2D eigenvalue weighted by atomic mass is 16.5. The lowest BCUT2D eigenvalue weighted by atomic mass is 10.2. The van der Waals surface area contributed by atoms with Gasteiger partial charge in [-0.3, -0.25) is 4.99 Å². The predicted octanol–water partition coefficient (Wildman–Crippen LogP) is 1.49. The zero-order chi connectivity index (χ0) is 18.6. The van der Waals surface area contributed by atoms with Gasteiger partial charge in [0.25, 0.3) is 0 Å². The summed E-state index contributed by atoms with van der Waals surface area (Å²) in [4.78, 5) is 6.95. The molecule has 146 valence electrons. The van der Waals surface area contributed by atoms with Crippen molar-refractivity contribution in [3.63, 3.8) is 0 Å². The Morgan fingerprint density at radius 1 is 1.23 bits per heavy atom. The van der Waals surface area contributed by atoms with Crippen LogP contribution in [0.25, 0.3) is 0 Å². The number of hydrogen-bond donors (Lipinski definition) is 2. The Hall–Kier alpha value is -1.99. The minimum absolute atomic E-state index is 0.354. The zero-order valence-corrected chi connectivity index (χ0v) is 16.2. The van der Waals surface area contributed by atoms with Crippen molar-refractivity contribution in [2.75, 3.05) is 65.1 Å². The molecular formula is C19H32N4O3. The van der Waals surface area contributed by atoms with Crippen LogP contribution < -0.4 is 20.3 Å². The van der Waals surface area contributed by atoms with E-state index < -0.39 is 0 Å². The lowest BCUT2D eigenvalue weighted by Gasteiger charge is -2.22. The first-order valence-electron chi connectivity index (χ1n) is 9.28. The first-order chi connectivity index (χ1) is 12.8. The normalized spacial score (nSPS) is 17.4. The zero-order valence-electron chi connectivity index (χ0n) is 16.2. The molecule has 2 N–H and O–H groups in total. The number of para-hydroxylation sites is 2. The molecule has 1 aromatic rings. The molecule has 0 bridgehead atoms. The Labute approximate surface area is 156 Å². The number of ether oxygens (including phenoxy) is 3. The van der Waals surface area contributed by atoms with Crippen LogP contribution in [-0.2, 0) is 9.47 Å². The van der Waals surface area contributed by atoms with Crippen LogP contribution in [0.4, 0.5) is 5.69 Å². The van der Waals surface area contributed by atoms with E-state index >= 15 is 0 Å². The standard InChI is InChI=1S/C19H32N4O3/c1-4-20-19(21-10-12-26-14-13-24-2)22-16-9-11-23(15-16)17-7-5-6-8-18(17)25-3/h5-8,16H,4,9-15H2,1-3H3,(H2,20,21,22). The van der Waals surface area contributed by atoms with Gasteiger partial charge < -0.3 is 29.7 Å². The summed E-state index contributed by atoms with van der Waals surface area (Å²) in [6.07, 6.45) is 1.06. The summed E-state index contributed by atoms with van der Waals surface area (Å²) in [5, 5.41) is 6.84. The molecule has 1 unspecified atom stereocenters. The number of rotatable bonds is 10. The van der Waals surface area contributed by atoms with Crippen LogP contribution in [0, 0.1) is 0 Å². The number of methoxy groups -OCH3 is 2. The van der Waals surface area contributed by atoms with Crippen molar-refractivity contribution in [3.05, 3.63) is 24.3 Å². The van der Waals surface area contributed by atoms with Gasteiger partial charge in [-0.1, -0.05) is 12.1 Å². The second kappa shape index (κ2) is 11.6. The molecule has 0 amide bonds. The van der Waals surface area contributed by atoms with Crippen LogP contribution in [0.15, 0.2) is 29.3 Å². The fourth-order valence-electron chi connectivity index (χ4n) is 2.97. The quantitative estimate of drug-likeness (QED) is 0.373. The number of nitrogens with one attached hydrogen (secondary N) is 2. The average molecular weight is 364 g/mol. The topological polar surface area (TPSA) is 67.4 Å². The van der Waals surface area contributed by atoms with E-state index in [0.717, 1.165) is 43.5 Å². The average Bonchev–Trinajstić information content (AvgIpc) is 3.13. The van der Waals surface area contributed by atoms with Gasteiger partial charge in [0.2, 0.25) is 0 Å². The van der Waals surface area contributed by atoms with Gasteiger partial charge >= 0.3 is 0 Å². The van der Waals surface area contributed by atoms with E-state index in [-0.39, 0.29) is 0 Å². The maximum absolute atomic E-state index is 5.49. The number of aliphatic imine (C=N–C) groups is 1. The van der Waals surface area contributed by atoms with Gasteiger partial charge in [0.1, 0.15) is 5.75 Å².